The zero-order valence-corrected chi connectivity index (χ0v) is 9.11. The van der Waals surface area contributed by atoms with E-state index in [1.165, 1.54) is 0 Å². The number of alkyl halides is 1. The van der Waals surface area contributed by atoms with Gasteiger partial charge in [-0.15, -0.1) is 0 Å². The zero-order valence-electron chi connectivity index (χ0n) is 8.35. The molecule has 1 fully saturated rings. The lowest BCUT2D eigenvalue weighted by atomic mass is 10.3. The number of piperazine rings is 1. The van der Waals surface area contributed by atoms with Crippen LogP contribution in [0.15, 0.2) is 0 Å². The van der Waals surface area contributed by atoms with Crippen molar-refractivity contribution in [2.24, 2.45) is 0 Å². The Hall–Kier alpha value is 0.170. The lowest BCUT2D eigenvalue weighted by Gasteiger charge is -2.11. The standard InChI is InChI=1S/C5H11ClO.C4H10N2/c1-2-3-4-5(6)7;1-2-6-4-3-5-1/h5,7H,2-4H2,1H3;5-6H,1-4H2. The van der Waals surface area contributed by atoms with Crippen LogP contribution in [0, 0.1) is 0 Å². The van der Waals surface area contributed by atoms with Crippen molar-refractivity contribution < 1.29 is 5.11 Å². The molecule has 3 N–H and O–H groups in total. The van der Waals surface area contributed by atoms with Crippen LogP contribution in [-0.2, 0) is 0 Å². The van der Waals surface area contributed by atoms with Gasteiger partial charge in [-0.2, -0.15) is 0 Å². The van der Waals surface area contributed by atoms with E-state index < -0.39 is 5.56 Å². The Bertz CT molecular complexity index is 86.1. The molecule has 80 valence electrons. The van der Waals surface area contributed by atoms with Crippen LogP contribution in [0.3, 0.4) is 0 Å². The molecule has 0 spiro atoms. The summed E-state index contributed by atoms with van der Waals surface area (Å²) < 4.78 is 0. The summed E-state index contributed by atoms with van der Waals surface area (Å²) in [5.41, 5.74) is -0.625. The fourth-order valence-electron chi connectivity index (χ4n) is 0.976. The van der Waals surface area contributed by atoms with E-state index in [-0.39, 0.29) is 0 Å². The van der Waals surface area contributed by atoms with Crippen molar-refractivity contribution in [1.82, 2.24) is 10.6 Å². The third-order valence-electron chi connectivity index (χ3n) is 1.75. The molecule has 1 rings (SSSR count). The highest BCUT2D eigenvalue weighted by molar-refractivity contribution is 6.19. The number of hydrogen-bond acceptors (Lipinski definition) is 3. The molecular weight excluding hydrogens is 188 g/mol. The average Bonchev–Trinajstić information content (AvgIpc) is 2.18. The molecule has 13 heavy (non-hydrogen) atoms. The Balaban J connectivity index is 0.000000223. The van der Waals surface area contributed by atoms with Crippen LogP contribution in [0.5, 0.6) is 0 Å². The SMILES string of the molecule is C1CNCCN1.CCCCC(O)Cl. The average molecular weight is 209 g/mol. The van der Waals surface area contributed by atoms with E-state index >= 15 is 0 Å². The Morgan fingerprint density at radius 2 is 1.69 bits per heavy atom. The van der Waals surface area contributed by atoms with Crippen molar-refractivity contribution in [3.63, 3.8) is 0 Å². The summed E-state index contributed by atoms with van der Waals surface area (Å²) in [4.78, 5) is 0. The van der Waals surface area contributed by atoms with Crippen molar-refractivity contribution in [3.05, 3.63) is 0 Å². The maximum absolute atomic E-state index is 8.45. The number of aliphatic hydroxyl groups excluding tert-OH is 1. The first-order chi connectivity index (χ1) is 6.27. The third kappa shape index (κ3) is 12.2. The second-order valence-electron chi connectivity index (χ2n) is 3.08. The number of halogens is 1. The van der Waals surface area contributed by atoms with Gasteiger partial charge in [0.1, 0.15) is 5.56 Å². The van der Waals surface area contributed by atoms with E-state index in [1.54, 1.807) is 0 Å². The van der Waals surface area contributed by atoms with Crippen LogP contribution < -0.4 is 10.6 Å². The molecule has 1 saturated heterocycles. The van der Waals surface area contributed by atoms with E-state index in [4.69, 9.17) is 16.7 Å². The summed E-state index contributed by atoms with van der Waals surface area (Å²) in [5.74, 6) is 0. The predicted molar refractivity (Wildman–Crippen MR) is 57.1 cm³/mol. The van der Waals surface area contributed by atoms with Gasteiger partial charge in [0.25, 0.3) is 0 Å². The highest BCUT2D eigenvalue weighted by atomic mass is 35.5. The molecule has 0 amide bonds. The molecule has 0 aliphatic carbocycles. The van der Waals surface area contributed by atoms with Crippen molar-refractivity contribution >= 4 is 11.6 Å². The molecule has 0 aromatic heterocycles. The van der Waals surface area contributed by atoms with Gasteiger partial charge in [-0.1, -0.05) is 24.9 Å². The van der Waals surface area contributed by atoms with Crippen LogP contribution in [0.4, 0.5) is 0 Å². The molecule has 1 unspecified atom stereocenters. The number of rotatable bonds is 3. The maximum Gasteiger partial charge on any atom is 0.128 e. The lowest BCUT2D eigenvalue weighted by Crippen LogP contribution is -2.39. The summed E-state index contributed by atoms with van der Waals surface area (Å²) in [7, 11) is 0. The third-order valence-corrected chi connectivity index (χ3v) is 1.97. The molecule has 1 aliphatic rings. The van der Waals surface area contributed by atoms with Gasteiger partial charge in [0.15, 0.2) is 0 Å². The normalized spacial score (nSPS) is 18.7. The molecule has 1 heterocycles. The minimum absolute atomic E-state index is 0.625. The Morgan fingerprint density at radius 1 is 1.23 bits per heavy atom. The summed E-state index contributed by atoms with van der Waals surface area (Å²) >= 11 is 5.21. The van der Waals surface area contributed by atoms with Gasteiger partial charge in [-0.05, 0) is 12.8 Å². The molecule has 0 radical (unpaired) electrons. The fourth-order valence-corrected chi connectivity index (χ4v) is 1.13. The minimum Gasteiger partial charge on any atom is -0.378 e. The van der Waals surface area contributed by atoms with Gasteiger partial charge in [0, 0.05) is 26.2 Å². The molecule has 3 nitrogen and oxygen atoms in total. The summed E-state index contributed by atoms with van der Waals surface area (Å²) in [6.07, 6.45) is 2.84. The molecule has 1 aliphatic heterocycles. The summed E-state index contributed by atoms with van der Waals surface area (Å²) in [5, 5.41) is 14.9. The molecule has 0 aromatic carbocycles. The number of nitrogens with one attached hydrogen (secondary N) is 2. The Labute approximate surface area is 85.9 Å². The topological polar surface area (TPSA) is 44.3 Å². The molecule has 0 bridgehead atoms. The van der Waals surface area contributed by atoms with Gasteiger partial charge in [-0.3, -0.25) is 0 Å². The second kappa shape index (κ2) is 10.3. The first-order valence-corrected chi connectivity index (χ1v) is 5.44. The molecule has 0 saturated carbocycles. The molecule has 4 heteroatoms. The van der Waals surface area contributed by atoms with Crippen molar-refractivity contribution in [3.8, 4) is 0 Å². The Kier molecular flexibility index (Phi) is 10.4. The number of hydrogen-bond donors (Lipinski definition) is 3. The maximum atomic E-state index is 8.45. The van der Waals surface area contributed by atoms with Gasteiger partial charge >= 0.3 is 0 Å². The first kappa shape index (κ1) is 13.2. The lowest BCUT2D eigenvalue weighted by molar-refractivity contribution is 0.242. The van der Waals surface area contributed by atoms with Gasteiger partial charge < -0.3 is 15.7 Å². The Morgan fingerprint density at radius 3 is 1.85 bits per heavy atom. The van der Waals surface area contributed by atoms with Gasteiger partial charge in [0.05, 0.1) is 0 Å². The highest BCUT2D eigenvalue weighted by Gasteiger charge is 1.93. The fraction of sp³-hybridized carbons (Fsp3) is 1.00. The quantitative estimate of drug-likeness (QED) is 0.605. The van der Waals surface area contributed by atoms with Crippen LogP contribution in [0.1, 0.15) is 26.2 Å². The van der Waals surface area contributed by atoms with Crippen LogP contribution in [0.2, 0.25) is 0 Å². The van der Waals surface area contributed by atoms with Crippen molar-refractivity contribution in [2.45, 2.75) is 31.7 Å². The van der Waals surface area contributed by atoms with E-state index in [9.17, 15) is 0 Å². The molecular formula is C9H21ClN2O. The minimum atomic E-state index is -0.625. The van der Waals surface area contributed by atoms with Gasteiger partial charge in [-0.25, -0.2) is 0 Å². The number of unbranched alkanes of at least 4 members (excludes halogenated alkanes) is 1. The smallest absolute Gasteiger partial charge is 0.128 e. The van der Waals surface area contributed by atoms with E-state index in [0.717, 1.165) is 45.4 Å². The molecule has 0 aromatic rings. The van der Waals surface area contributed by atoms with Crippen molar-refractivity contribution in [2.75, 3.05) is 26.2 Å². The van der Waals surface area contributed by atoms with Crippen LogP contribution in [0.25, 0.3) is 0 Å². The largest absolute Gasteiger partial charge is 0.378 e. The summed E-state index contributed by atoms with van der Waals surface area (Å²) in [6, 6.07) is 0. The second-order valence-corrected chi connectivity index (χ2v) is 3.58. The van der Waals surface area contributed by atoms with E-state index in [1.807, 2.05) is 0 Å². The monoisotopic (exact) mass is 208 g/mol. The van der Waals surface area contributed by atoms with Crippen LogP contribution >= 0.6 is 11.6 Å². The zero-order chi connectivity index (χ0) is 9.94. The highest BCUT2D eigenvalue weighted by Crippen LogP contribution is 2.02. The number of aliphatic hydroxyl groups is 1. The van der Waals surface area contributed by atoms with E-state index in [2.05, 4.69) is 17.6 Å². The van der Waals surface area contributed by atoms with E-state index in [0.29, 0.717) is 0 Å². The predicted octanol–water partition coefficient (Wildman–Crippen LogP) is 0.913. The van der Waals surface area contributed by atoms with Crippen molar-refractivity contribution in [1.29, 1.82) is 0 Å². The molecule has 1 atom stereocenters. The van der Waals surface area contributed by atoms with Crippen LogP contribution in [-0.4, -0.2) is 36.8 Å². The first-order valence-electron chi connectivity index (χ1n) is 5.01. The van der Waals surface area contributed by atoms with Gasteiger partial charge in [0.2, 0.25) is 0 Å². The summed E-state index contributed by atoms with van der Waals surface area (Å²) in [6.45, 7) is 6.62.